The van der Waals surface area contributed by atoms with Crippen LogP contribution in [-0.4, -0.2) is 11.0 Å². The minimum Gasteiger partial charge on any atom is -0.489 e. The minimum atomic E-state index is -0.274. The summed E-state index contributed by atoms with van der Waals surface area (Å²) in [5.74, 6) is 0.395. The summed E-state index contributed by atoms with van der Waals surface area (Å²) in [6.45, 7) is 2.29. The fourth-order valence-corrected chi connectivity index (χ4v) is 1.84. The molecule has 2 rings (SSSR count). The SMILES string of the molecule is CC(N)Cc1cc(F)ccc1OCc1cccnc1. The monoisotopic (exact) mass is 260 g/mol. The third kappa shape index (κ3) is 4.03. The molecule has 0 saturated carbocycles. The van der Waals surface area contributed by atoms with E-state index in [1.807, 2.05) is 19.1 Å². The van der Waals surface area contributed by atoms with Gasteiger partial charge in [-0.3, -0.25) is 4.98 Å². The third-order valence-electron chi connectivity index (χ3n) is 2.68. The van der Waals surface area contributed by atoms with Crippen LogP contribution in [0, 0.1) is 5.82 Å². The van der Waals surface area contributed by atoms with Crippen LogP contribution in [0.25, 0.3) is 0 Å². The number of pyridine rings is 1. The number of hydrogen-bond acceptors (Lipinski definition) is 3. The fourth-order valence-electron chi connectivity index (χ4n) is 1.84. The van der Waals surface area contributed by atoms with Crippen molar-refractivity contribution in [2.24, 2.45) is 5.73 Å². The molecule has 0 aliphatic heterocycles. The Bertz CT molecular complexity index is 529. The Balaban J connectivity index is 2.11. The van der Waals surface area contributed by atoms with E-state index in [1.54, 1.807) is 18.5 Å². The zero-order valence-corrected chi connectivity index (χ0v) is 10.8. The highest BCUT2D eigenvalue weighted by atomic mass is 19.1. The van der Waals surface area contributed by atoms with Crippen molar-refractivity contribution >= 4 is 0 Å². The molecule has 0 fully saturated rings. The Morgan fingerprint density at radius 3 is 2.89 bits per heavy atom. The predicted octanol–water partition coefficient (Wildman–Crippen LogP) is 2.69. The van der Waals surface area contributed by atoms with Gasteiger partial charge in [0.15, 0.2) is 0 Å². The van der Waals surface area contributed by atoms with E-state index in [-0.39, 0.29) is 11.9 Å². The number of nitrogens with zero attached hydrogens (tertiary/aromatic N) is 1. The molecule has 19 heavy (non-hydrogen) atoms. The first-order chi connectivity index (χ1) is 9.15. The molecule has 0 bridgehead atoms. The van der Waals surface area contributed by atoms with Crippen molar-refractivity contribution in [3.8, 4) is 5.75 Å². The van der Waals surface area contributed by atoms with Crippen LogP contribution >= 0.6 is 0 Å². The topological polar surface area (TPSA) is 48.1 Å². The fraction of sp³-hybridized carbons (Fsp3) is 0.267. The van der Waals surface area contributed by atoms with Gasteiger partial charge >= 0.3 is 0 Å². The van der Waals surface area contributed by atoms with E-state index in [1.165, 1.54) is 12.1 Å². The van der Waals surface area contributed by atoms with E-state index in [2.05, 4.69) is 4.98 Å². The van der Waals surface area contributed by atoms with Crippen molar-refractivity contribution in [1.29, 1.82) is 0 Å². The standard InChI is InChI=1S/C15H17FN2O/c1-11(17)7-13-8-14(16)4-5-15(13)19-10-12-3-2-6-18-9-12/h2-6,8-9,11H,7,10,17H2,1H3. The van der Waals surface area contributed by atoms with Gasteiger partial charge in [0.25, 0.3) is 0 Å². The smallest absolute Gasteiger partial charge is 0.123 e. The summed E-state index contributed by atoms with van der Waals surface area (Å²) in [7, 11) is 0. The van der Waals surface area contributed by atoms with E-state index >= 15 is 0 Å². The van der Waals surface area contributed by atoms with Gasteiger partial charge in [-0.05, 0) is 43.2 Å². The first-order valence-electron chi connectivity index (χ1n) is 6.21. The average molecular weight is 260 g/mol. The average Bonchev–Trinajstić information content (AvgIpc) is 2.38. The summed E-state index contributed by atoms with van der Waals surface area (Å²) >= 11 is 0. The first kappa shape index (κ1) is 13.5. The van der Waals surface area contributed by atoms with Gasteiger partial charge in [0, 0.05) is 24.0 Å². The zero-order chi connectivity index (χ0) is 13.7. The molecule has 3 nitrogen and oxygen atoms in total. The number of rotatable bonds is 5. The number of nitrogens with two attached hydrogens (primary N) is 1. The lowest BCUT2D eigenvalue weighted by Gasteiger charge is -2.13. The third-order valence-corrected chi connectivity index (χ3v) is 2.68. The van der Waals surface area contributed by atoms with Gasteiger partial charge in [-0.25, -0.2) is 4.39 Å². The number of aromatic nitrogens is 1. The Hall–Kier alpha value is -1.94. The number of halogens is 1. The number of ether oxygens (including phenoxy) is 1. The molecule has 0 radical (unpaired) electrons. The van der Waals surface area contributed by atoms with Crippen molar-refractivity contribution in [2.45, 2.75) is 26.0 Å². The summed E-state index contributed by atoms with van der Waals surface area (Å²) in [5.41, 5.74) is 7.52. The van der Waals surface area contributed by atoms with Gasteiger partial charge in [0.2, 0.25) is 0 Å². The predicted molar refractivity (Wildman–Crippen MR) is 72.3 cm³/mol. The Kier molecular flexibility index (Phi) is 4.47. The van der Waals surface area contributed by atoms with E-state index in [0.29, 0.717) is 18.8 Å². The molecule has 100 valence electrons. The van der Waals surface area contributed by atoms with Crippen molar-refractivity contribution in [3.63, 3.8) is 0 Å². The largest absolute Gasteiger partial charge is 0.489 e. The van der Waals surface area contributed by atoms with Crippen LogP contribution in [0.4, 0.5) is 4.39 Å². The maximum Gasteiger partial charge on any atom is 0.123 e. The highest BCUT2D eigenvalue weighted by Crippen LogP contribution is 2.22. The van der Waals surface area contributed by atoms with Gasteiger partial charge in [-0.1, -0.05) is 6.07 Å². The molecule has 2 aromatic rings. The quantitative estimate of drug-likeness (QED) is 0.899. The molecule has 0 aliphatic carbocycles. The van der Waals surface area contributed by atoms with Crippen molar-refractivity contribution in [2.75, 3.05) is 0 Å². The summed E-state index contributed by atoms with van der Waals surface area (Å²) < 4.78 is 19.0. The molecule has 1 atom stereocenters. The van der Waals surface area contributed by atoms with Crippen LogP contribution in [0.3, 0.4) is 0 Å². The molecule has 2 N–H and O–H groups in total. The van der Waals surface area contributed by atoms with Gasteiger partial charge in [0.1, 0.15) is 18.2 Å². The lowest BCUT2D eigenvalue weighted by molar-refractivity contribution is 0.301. The van der Waals surface area contributed by atoms with E-state index in [4.69, 9.17) is 10.5 Å². The molecule has 0 amide bonds. The molecular weight excluding hydrogens is 243 g/mol. The molecule has 0 saturated heterocycles. The minimum absolute atomic E-state index is 0.0393. The van der Waals surface area contributed by atoms with E-state index in [0.717, 1.165) is 11.1 Å². The van der Waals surface area contributed by atoms with Crippen molar-refractivity contribution in [1.82, 2.24) is 4.98 Å². The second-order valence-corrected chi connectivity index (χ2v) is 4.58. The molecule has 1 unspecified atom stereocenters. The van der Waals surface area contributed by atoms with Crippen LogP contribution in [-0.2, 0) is 13.0 Å². The normalized spacial score (nSPS) is 12.2. The van der Waals surface area contributed by atoms with E-state index < -0.39 is 0 Å². The first-order valence-corrected chi connectivity index (χ1v) is 6.21. The highest BCUT2D eigenvalue weighted by Gasteiger charge is 2.08. The zero-order valence-electron chi connectivity index (χ0n) is 10.8. The lowest BCUT2D eigenvalue weighted by atomic mass is 10.1. The Morgan fingerprint density at radius 1 is 1.37 bits per heavy atom. The van der Waals surface area contributed by atoms with Crippen LogP contribution in [0.5, 0.6) is 5.75 Å². The second kappa shape index (κ2) is 6.29. The second-order valence-electron chi connectivity index (χ2n) is 4.58. The molecule has 4 heteroatoms. The Morgan fingerprint density at radius 2 is 2.21 bits per heavy atom. The van der Waals surface area contributed by atoms with Crippen molar-refractivity contribution in [3.05, 3.63) is 59.7 Å². The molecule has 1 heterocycles. The molecule has 0 spiro atoms. The van der Waals surface area contributed by atoms with E-state index in [9.17, 15) is 4.39 Å². The Labute approximate surface area is 112 Å². The molecule has 1 aromatic heterocycles. The summed E-state index contributed by atoms with van der Waals surface area (Å²) in [6.07, 6.45) is 4.04. The highest BCUT2D eigenvalue weighted by molar-refractivity contribution is 5.34. The molecule has 0 aliphatic rings. The summed E-state index contributed by atoms with van der Waals surface area (Å²) in [6, 6.07) is 8.25. The molecular formula is C15H17FN2O. The maximum atomic E-state index is 13.3. The van der Waals surface area contributed by atoms with Gasteiger partial charge in [-0.2, -0.15) is 0 Å². The van der Waals surface area contributed by atoms with Gasteiger partial charge < -0.3 is 10.5 Å². The van der Waals surface area contributed by atoms with Gasteiger partial charge in [-0.15, -0.1) is 0 Å². The summed E-state index contributed by atoms with van der Waals surface area (Å²) in [4.78, 5) is 4.02. The van der Waals surface area contributed by atoms with Crippen LogP contribution in [0.2, 0.25) is 0 Å². The number of benzene rings is 1. The lowest BCUT2D eigenvalue weighted by Crippen LogP contribution is -2.18. The van der Waals surface area contributed by atoms with Gasteiger partial charge in [0.05, 0.1) is 0 Å². The maximum absolute atomic E-state index is 13.3. The number of hydrogen-bond donors (Lipinski definition) is 1. The van der Waals surface area contributed by atoms with Crippen molar-refractivity contribution < 1.29 is 9.13 Å². The summed E-state index contributed by atoms with van der Waals surface area (Å²) in [5, 5.41) is 0. The van der Waals surface area contributed by atoms with Crippen LogP contribution in [0.1, 0.15) is 18.1 Å². The van der Waals surface area contributed by atoms with Crippen LogP contribution in [0.15, 0.2) is 42.7 Å². The van der Waals surface area contributed by atoms with Crippen LogP contribution < -0.4 is 10.5 Å². The molecule has 1 aromatic carbocycles.